The lowest BCUT2D eigenvalue weighted by Gasteiger charge is -2.28. The molecule has 0 aromatic carbocycles. The van der Waals surface area contributed by atoms with Crippen LogP contribution >= 0.6 is 22.9 Å². The smallest absolute Gasteiger partial charge is 0.323 e. The average molecular weight is 412 g/mol. The summed E-state index contributed by atoms with van der Waals surface area (Å²) in [5, 5.41) is 12.6. The third-order valence-corrected chi connectivity index (χ3v) is 5.74. The van der Waals surface area contributed by atoms with Crippen molar-refractivity contribution in [1.29, 1.82) is 0 Å². The Morgan fingerprint density at radius 1 is 1.56 bits per heavy atom. The number of nitrogens with one attached hydrogen (secondary N) is 1. The Bertz CT molecular complexity index is 816. The van der Waals surface area contributed by atoms with E-state index in [4.69, 9.17) is 21.4 Å². The second kappa shape index (κ2) is 8.73. The topological polar surface area (TPSA) is 90.8 Å². The Balaban J connectivity index is 1.71. The van der Waals surface area contributed by atoms with Gasteiger partial charge in [-0.3, -0.25) is 4.90 Å². The van der Waals surface area contributed by atoms with Gasteiger partial charge in [-0.15, -0.1) is 0 Å². The average Bonchev–Trinajstić information content (AvgIpc) is 3.11. The minimum Gasteiger partial charge on any atom is -0.493 e. The molecule has 1 aliphatic heterocycles. The summed E-state index contributed by atoms with van der Waals surface area (Å²) < 4.78 is 5.25. The number of rotatable bonds is 6. The highest BCUT2D eigenvalue weighted by molar-refractivity contribution is 7.16. The maximum absolute atomic E-state index is 12.2. The van der Waals surface area contributed by atoms with E-state index in [0.717, 1.165) is 29.2 Å². The summed E-state index contributed by atoms with van der Waals surface area (Å²) in [6.07, 6.45) is 3.05. The van der Waals surface area contributed by atoms with Gasteiger partial charge in [0.25, 0.3) is 0 Å². The van der Waals surface area contributed by atoms with E-state index < -0.39 is 0 Å². The third kappa shape index (κ3) is 4.42. The van der Waals surface area contributed by atoms with Gasteiger partial charge in [-0.2, -0.15) is 0 Å². The van der Waals surface area contributed by atoms with Gasteiger partial charge < -0.3 is 20.1 Å². The maximum Gasteiger partial charge on any atom is 0.323 e. The Morgan fingerprint density at radius 3 is 3.11 bits per heavy atom. The van der Waals surface area contributed by atoms with Crippen LogP contribution in [0.5, 0.6) is 5.75 Å². The molecule has 10 heteroatoms. The normalized spacial score (nSPS) is 13.3. The van der Waals surface area contributed by atoms with Crippen LogP contribution in [-0.4, -0.2) is 55.0 Å². The number of carbonyl (C=O) groups is 1. The van der Waals surface area contributed by atoms with E-state index in [-0.39, 0.29) is 12.6 Å². The number of urea groups is 1. The maximum atomic E-state index is 12.2. The summed E-state index contributed by atoms with van der Waals surface area (Å²) >= 11 is 7.52. The fourth-order valence-corrected chi connectivity index (χ4v) is 4.02. The molecular weight excluding hydrogens is 390 g/mol. The molecule has 0 saturated carbocycles. The molecule has 0 unspecified atom stereocenters. The van der Waals surface area contributed by atoms with Gasteiger partial charge in [0.05, 0.1) is 31.2 Å². The number of anilines is 2. The lowest BCUT2D eigenvalue weighted by atomic mass is 10.1. The fourth-order valence-electron chi connectivity index (χ4n) is 2.76. The zero-order chi connectivity index (χ0) is 19.4. The van der Waals surface area contributed by atoms with Gasteiger partial charge in [-0.05, 0) is 6.42 Å². The minimum atomic E-state index is -0.224. The fraction of sp³-hybridized carbons (Fsp3) is 0.471. The Morgan fingerprint density at radius 2 is 2.37 bits per heavy atom. The molecule has 0 aliphatic carbocycles. The predicted molar refractivity (Wildman–Crippen MR) is 106 cm³/mol. The van der Waals surface area contributed by atoms with Gasteiger partial charge in [0.1, 0.15) is 0 Å². The van der Waals surface area contributed by atoms with Crippen molar-refractivity contribution in [3.63, 3.8) is 0 Å². The number of hydrogen-bond acceptors (Lipinski definition) is 7. The van der Waals surface area contributed by atoms with Gasteiger partial charge >= 0.3 is 6.03 Å². The van der Waals surface area contributed by atoms with Crippen molar-refractivity contribution in [2.24, 2.45) is 0 Å². The van der Waals surface area contributed by atoms with Crippen LogP contribution < -0.4 is 19.9 Å². The van der Waals surface area contributed by atoms with Crippen molar-refractivity contribution in [2.45, 2.75) is 19.4 Å². The molecule has 8 nitrogen and oxygen atoms in total. The number of aliphatic hydroxyl groups excluding tert-OH is 1. The van der Waals surface area contributed by atoms with Crippen molar-refractivity contribution in [2.75, 3.05) is 43.7 Å². The molecule has 2 aromatic heterocycles. The zero-order valence-corrected chi connectivity index (χ0v) is 16.8. The number of hydrogen-bond donors (Lipinski definition) is 2. The van der Waals surface area contributed by atoms with Crippen molar-refractivity contribution < 1.29 is 14.6 Å². The predicted octanol–water partition coefficient (Wildman–Crippen LogP) is 2.29. The van der Waals surface area contributed by atoms with Crippen LogP contribution in [-0.2, 0) is 13.0 Å². The van der Waals surface area contributed by atoms with Gasteiger partial charge in [0.15, 0.2) is 16.0 Å². The summed E-state index contributed by atoms with van der Waals surface area (Å²) in [7, 11) is 3.27. The summed E-state index contributed by atoms with van der Waals surface area (Å²) in [5.74, 6) is 0.546. The standard InChI is InChI=1S/C17H22ClN5O3S/c1-22(16(25)19-5-3-7-24)17-21-12-4-6-23(10-14(12)27-17)11-8-13(26-2)15(18)20-9-11/h8-9,24H,3-7,10H2,1-2H3,(H,19,25). The minimum absolute atomic E-state index is 0.0513. The monoisotopic (exact) mass is 411 g/mol. The highest BCUT2D eigenvalue weighted by Gasteiger charge is 2.24. The molecule has 0 fully saturated rings. The molecule has 3 heterocycles. The van der Waals surface area contributed by atoms with Crippen molar-refractivity contribution in [1.82, 2.24) is 15.3 Å². The first-order valence-electron chi connectivity index (χ1n) is 8.59. The molecule has 3 rings (SSSR count). The number of nitrogens with zero attached hydrogens (tertiary/aromatic N) is 4. The Kier molecular flexibility index (Phi) is 6.35. The van der Waals surface area contributed by atoms with Gasteiger partial charge in [0.2, 0.25) is 0 Å². The van der Waals surface area contributed by atoms with E-state index in [1.165, 1.54) is 16.2 Å². The van der Waals surface area contributed by atoms with E-state index in [0.29, 0.717) is 35.5 Å². The quantitative estimate of drug-likeness (QED) is 0.559. The van der Waals surface area contributed by atoms with Crippen molar-refractivity contribution in [3.8, 4) is 5.75 Å². The largest absolute Gasteiger partial charge is 0.493 e. The molecule has 0 saturated heterocycles. The number of amides is 2. The molecule has 27 heavy (non-hydrogen) atoms. The number of pyridine rings is 1. The lowest BCUT2D eigenvalue weighted by Crippen LogP contribution is -2.37. The summed E-state index contributed by atoms with van der Waals surface area (Å²) in [6.45, 7) is 1.98. The first-order valence-corrected chi connectivity index (χ1v) is 9.78. The van der Waals surface area contributed by atoms with Crippen LogP contribution in [0.4, 0.5) is 15.6 Å². The molecule has 0 spiro atoms. The zero-order valence-electron chi connectivity index (χ0n) is 15.2. The number of aromatic nitrogens is 2. The number of thiazole rings is 1. The van der Waals surface area contributed by atoms with E-state index in [1.807, 2.05) is 6.07 Å². The Labute approximate surface area is 166 Å². The van der Waals surface area contributed by atoms with Crippen LogP contribution in [0.3, 0.4) is 0 Å². The molecule has 0 bridgehead atoms. The van der Waals surface area contributed by atoms with Crippen LogP contribution in [0.1, 0.15) is 17.0 Å². The van der Waals surface area contributed by atoms with E-state index >= 15 is 0 Å². The molecule has 0 atom stereocenters. The first kappa shape index (κ1) is 19.7. The van der Waals surface area contributed by atoms with Crippen LogP contribution in [0.2, 0.25) is 5.15 Å². The highest BCUT2D eigenvalue weighted by Crippen LogP contribution is 2.34. The second-order valence-electron chi connectivity index (χ2n) is 6.09. The number of methoxy groups -OCH3 is 1. The molecule has 146 valence electrons. The van der Waals surface area contributed by atoms with Crippen molar-refractivity contribution in [3.05, 3.63) is 28.0 Å². The lowest BCUT2D eigenvalue weighted by molar-refractivity contribution is 0.244. The Hall–Kier alpha value is -2.10. The van der Waals surface area contributed by atoms with Gasteiger partial charge in [0, 0.05) is 44.1 Å². The molecule has 2 N–H and O–H groups in total. The molecule has 2 amide bonds. The highest BCUT2D eigenvalue weighted by atomic mass is 35.5. The molecule has 1 aliphatic rings. The first-order chi connectivity index (χ1) is 13.0. The molecule has 2 aromatic rings. The van der Waals surface area contributed by atoms with Crippen LogP contribution in [0.25, 0.3) is 0 Å². The van der Waals surface area contributed by atoms with E-state index in [2.05, 4.69) is 20.2 Å². The van der Waals surface area contributed by atoms with Crippen LogP contribution in [0.15, 0.2) is 12.3 Å². The summed E-state index contributed by atoms with van der Waals surface area (Å²) in [5.41, 5.74) is 1.96. The van der Waals surface area contributed by atoms with E-state index in [9.17, 15) is 4.79 Å². The molecular formula is C17H22ClN5O3S. The SMILES string of the molecule is COc1cc(N2CCc3nc(N(C)C(=O)NCCCO)sc3C2)cnc1Cl. The second-order valence-corrected chi connectivity index (χ2v) is 7.51. The summed E-state index contributed by atoms with van der Waals surface area (Å²) in [6, 6.07) is 1.65. The van der Waals surface area contributed by atoms with Gasteiger partial charge in [-0.1, -0.05) is 22.9 Å². The number of halogens is 1. The number of aliphatic hydroxyl groups is 1. The van der Waals surface area contributed by atoms with Crippen molar-refractivity contribution >= 4 is 39.8 Å². The van der Waals surface area contributed by atoms with Gasteiger partial charge in [-0.25, -0.2) is 14.8 Å². The molecule has 0 radical (unpaired) electrons. The summed E-state index contributed by atoms with van der Waals surface area (Å²) in [4.78, 5) is 25.8. The number of carbonyl (C=O) groups excluding carboxylic acids is 1. The number of fused-ring (bicyclic) bond motifs is 1. The van der Waals surface area contributed by atoms with Crippen LogP contribution in [0, 0.1) is 0 Å². The number of ether oxygens (including phenoxy) is 1. The third-order valence-electron chi connectivity index (χ3n) is 4.30. The van der Waals surface area contributed by atoms with E-state index in [1.54, 1.807) is 20.4 Å².